The highest BCUT2D eigenvalue weighted by Crippen LogP contribution is 2.40. The van der Waals surface area contributed by atoms with Crippen LogP contribution in [0.15, 0.2) is 33.2 Å². The summed E-state index contributed by atoms with van der Waals surface area (Å²) in [4.78, 5) is 1.12. The van der Waals surface area contributed by atoms with Crippen molar-refractivity contribution in [2.45, 2.75) is 6.04 Å². The predicted octanol–water partition coefficient (Wildman–Crippen LogP) is 5.89. The lowest BCUT2D eigenvalue weighted by Crippen LogP contribution is -2.16. The Morgan fingerprint density at radius 3 is 2.50 bits per heavy atom. The van der Waals surface area contributed by atoms with E-state index in [0.717, 1.165) is 28.7 Å². The first-order valence-corrected chi connectivity index (χ1v) is 8.26. The maximum absolute atomic E-state index is 6.34. The third-order valence-electron chi connectivity index (χ3n) is 2.53. The van der Waals surface area contributed by atoms with Crippen molar-refractivity contribution in [1.82, 2.24) is 5.32 Å². The highest BCUT2D eigenvalue weighted by molar-refractivity contribution is 9.11. The lowest BCUT2D eigenvalue weighted by atomic mass is 10.1. The van der Waals surface area contributed by atoms with Gasteiger partial charge in [-0.3, -0.25) is 0 Å². The van der Waals surface area contributed by atoms with E-state index in [-0.39, 0.29) is 6.04 Å². The molecule has 6 heteroatoms. The third-order valence-corrected chi connectivity index (χ3v) is 6.38. The number of hydrogen-bond donors (Lipinski definition) is 1. The van der Waals surface area contributed by atoms with Gasteiger partial charge in [0.1, 0.15) is 4.34 Å². The van der Waals surface area contributed by atoms with E-state index in [2.05, 4.69) is 37.2 Å². The van der Waals surface area contributed by atoms with Crippen LogP contribution < -0.4 is 5.32 Å². The summed E-state index contributed by atoms with van der Waals surface area (Å²) in [5.41, 5.74) is 1.03. The molecule has 0 spiro atoms. The third kappa shape index (κ3) is 2.94. The number of thiophene rings is 1. The normalized spacial score (nSPS) is 12.7. The maximum Gasteiger partial charge on any atom is 0.107 e. The first-order valence-electron chi connectivity index (χ1n) is 5.10. The molecule has 0 fully saturated rings. The van der Waals surface area contributed by atoms with Gasteiger partial charge in [-0.05, 0) is 56.6 Å². The number of hydrogen-bond acceptors (Lipinski definition) is 2. The van der Waals surface area contributed by atoms with Crippen molar-refractivity contribution in [2.24, 2.45) is 0 Å². The Morgan fingerprint density at radius 1 is 1.22 bits per heavy atom. The van der Waals surface area contributed by atoms with Crippen LogP contribution in [0.4, 0.5) is 0 Å². The van der Waals surface area contributed by atoms with Crippen LogP contribution in [-0.4, -0.2) is 7.05 Å². The summed E-state index contributed by atoms with van der Waals surface area (Å²) in [5, 5.41) is 3.99. The van der Waals surface area contributed by atoms with Crippen molar-refractivity contribution >= 4 is 66.4 Å². The number of halogens is 4. The van der Waals surface area contributed by atoms with Gasteiger partial charge in [-0.15, -0.1) is 11.3 Å². The molecule has 0 amide bonds. The zero-order valence-corrected chi connectivity index (χ0v) is 14.8. The van der Waals surface area contributed by atoms with Gasteiger partial charge in [-0.1, -0.05) is 35.3 Å². The topological polar surface area (TPSA) is 12.0 Å². The van der Waals surface area contributed by atoms with Gasteiger partial charge in [-0.2, -0.15) is 0 Å². The molecule has 1 aromatic heterocycles. The van der Waals surface area contributed by atoms with E-state index in [9.17, 15) is 0 Å². The Bertz CT molecular complexity index is 552. The molecule has 1 unspecified atom stereocenters. The van der Waals surface area contributed by atoms with Crippen LogP contribution in [0.5, 0.6) is 0 Å². The molecule has 0 aliphatic rings. The lowest BCUT2D eigenvalue weighted by molar-refractivity contribution is 0.703. The first-order chi connectivity index (χ1) is 8.54. The van der Waals surface area contributed by atoms with Gasteiger partial charge in [-0.25, -0.2) is 0 Å². The largest absolute Gasteiger partial charge is 0.309 e. The predicted molar refractivity (Wildman–Crippen MR) is 87.1 cm³/mol. The Balaban J connectivity index is 2.48. The molecule has 1 N–H and O–H groups in total. The van der Waals surface area contributed by atoms with Gasteiger partial charge >= 0.3 is 0 Å². The quantitative estimate of drug-likeness (QED) is 0.641. The zero-order chi connectivity index (χ0) is 13.3. The van der Waals surface area contributed by atoms with E-state index in [0.29, 0.717) is 0 Å². The molecule has 96 valence electrons. The van der Waals surface area contributed by atoms with E-state index in [1.807, 2.05) is 31.3 Å². The molecule has 0 saturated heterocycles. The lowest BCUT2D eigenvalue weighted by Gasteiger charge is -2.17. The van der Waals surface area contributed by atoms with Crippen molar-refractivity contribution in [3.63, 3.8) is 0 Å². The van der Waals surface area contributed by atoms with Crippen LogP contribution >= 0.6 is 66.4 Å². The minimum Gasteiger partial charge on any atom is -0.309 e. The van der Waals surface area contributed by atoms with E-state index < -0.39 is 0 Å². The van der Waals surface area contributed by atoms with Crippen molar-refractivity contribution in [3.8, 4) is 0 Å². The average molecular weight is 430 g/mol. The van der Waals surface area contributed by atoms with Crippen LogP contribution in [0.3, 0.4) is 0 Å². The van der Waals surface area contributed by atoms with Gasteiger partial charge in [0.2, 0.25) is 0 Å². The molecule has 1 atom stereocenters. The fourth-order valence-electron chi connectivity index (χ4n) is 1.70. The van der Waals surface area contributed by atoms with Crippen molar-refractivity contribution < 1.29 is 0 Å². The summed E-state index contributed by atoms with van der Waals surface area (Å²) < 4.78 is 2.55. The fourth-order valence-corrected chi connectivity index (χ4v) is 4.18. The average Bonchev–Trinajstić information content (AvgIpc) is 2.66. The smallest absolute Gasteiger partial charge is 0.107 e. The van der Waals surface area contributed by atoms with E-state index in [1.54, 1.807) is 0 Å². The fraction of sp³-hybridized carbons (Fsp3) is 0.167. The molecule has 1 aromatic carbocycles. The zero-order valence-electron chi connectivity index (χ0n) is 9.31. The highest BCUT2D eigenvalue weighted by Gasteiger charge is 2.19. The van der Waals surface area contributed by atoms with Crippen LogP contribution in [-0.2, 0) is 0 Å². The van der Waals surface area contributed by atoms with E-state index >= 15 is 0 Å². The van der Waals surface area contributed by atoms with Crippen molar-refractivity contribution in [1.29, 1.82) is 0 Å². The van der Waals surface area contributed by atoms with Gasteiger partial charge in [0.05, 0.1) is 11.1 Å². The Kier molecular flexibility index (Phi) is 5.14. The molecular formula is C12H9Br2Cl2NS. The number of rotatable bonds is 3. The molecule has 18 heavy (non-hydrogen) atoms. The van der Waals surface area contributed by atoms with Crippen LogP contribution in [0.2, 0.25) is 9.36 Å². The molecule has 0 saturated carbocycles. The molecule has 0 aliphatic heterocycles. The van der Waals surface area contributed by atoms with Crippen molar-refractivity contribution in [3.05, 3.63) is 53.0 Å². The molecule has 0 radical (unpaired) electrons. The summed E-state index contributed by atoms with van der Waals surface area (Å²) in [7, 11) is 1.91. The molecule has 2 rings (SSSR count). The first kappa shape index (κ1) is 14.8. The minimum atomic E-state index is 0.0313. The van der Waals surface area contributed by atoms with E-state index in [1.165, 1.54) is 11.3 Å². The van der Waals surface area contributed by atoms with Crippen LogP contribution in [0.1, 0.15) is 16.5 Å². The van der Waals surface area contributed by atoms with Gasteiger partial charge in [0.15, 0.2) is 0 Å². The van der Waals surface area contributed by atoms with Crippen LogP contribution in [0, 0.1) is 0 Å². The number of nitrogens with one attached hydrogen (secondary N) is 1. The molecule has 0 aliphatic carbocycles. The molecule has 2 aromatic rings. The molecule has 0 bridgehead atoms. The summed E-state index contributed by atoms with van der Waals surface area (Å²) >= 11 is 20.8. The molecule has 1 nitrogen and oxygen atoms in total. The second-order valence-corrected chi connectivity index (χ2v) is 7.41. The summed E-state index contributed by atoms with van der Waals surface area (Å²) in [6.07, 6.45) is 0. The van der Waals surface area contributed by atoms with Crippen molar-refractivity contribution in [2.75, 3.05) is 7.05 Å². The number of benzene rings is 1. The second-order valence-electron chi connectivity index (χ2n) is 3.64. The Morgan fingerprint density at radius 2 is 1.94 bits per heavy atom. The monoisotopic (exact) mass is 427 g/mol. The van der Waals surface area contributed by atoms with Crippen LogP contribution in [0.25, 0.3) is 0 Å². The molecule has 1 heterocycles. The SMILES string of the molecule is CNC(c1cc(Br)c(Cl)s1)c1cccc(Br)c1Cl. The summed E-state index contributed by atoms with van der Waals surface area (Å²) in [5.74, 6) is 0. The maximum atomic E-state index is 6.34. The summed E-state index contributed by atoms with van der Waals surface area (Å²) in [6.45, 7) is 0. The van der Waals surface area contributed by atoms with Gasteiger partial charge in [0.25, 0.3) is 0 Å². The van der Waals surface area contributed by atoms with Gasteiger partial charge in [0, 0.05) is 13.8 Å². The summed E-state index contributed by atoms with van der Waals surface area (Å²) in [6, 6.07) is 7.96. The van der Waals surface area contributed by atoms with Gasteiger partial charge < -0.3 is 5.32 Å². The standard InChI is InChI=1S/C12H9Br2Cl2NS/c1-17-11(9-5-8(14)12(16)18-9)6-3-2-4-7(13)10(6)15/h2-5,11,17H,1H3. The van der Waals surface area contributed by atoms with E-state index in [4.69, 9.17) is 23.2 Å². The highest BCUT2D eigenvalue weighted by atomic mass is 79.9. The Labute approximate surface area is 137 Å². The Hall–Kier alpha value is 0.420. The second kappa shape index (κ2) is 6.25. The molecular weight excluding hydrogens is 421 g/mol. The minimum absolute atomic E-state index is 0.0313.